The van der Waals surface area contributed by atoms with Gasteiger partial charge in [-0.25, -0.2) is 0 Å². The molecule has 26 heavy (non-hydrogen) atoms. The van der Waals surface area contributed by atoms with Crippen LogP contribution in [0.5, 0.6) is 0 Å². The minimum absolute atomic E-state index is 0.217. The van der Waals surface area contributed by atoms with E-state index in [2.05, 4.69) is 75.4 Å². The van der Waals surface area contributed by atoms with Crippen LogP contribution in [0.4, 0.5) is 0 Å². The van der Waals surface area contributed by atoms with Gasteiger partial charge >= 0.3 is 0 Å². The summed E-state index contributed by atoms with van der Waals surface area (Å²) in [6.45, 7) is 26.3. The monoisotopic (exact) mass is 401 g/mol. The van der Waals surface area contributed by atoms with Crippen molar-refractivity contribution in [2.75, 3.05) is 6.61 Å². The van der Waals surface area contributed by atoms with Gasteiger partial charge in [0.25, 0.3) is 0 Å². The Morgan fingerprint density at radius 3 is 1.85 bits per heavy atom. The Morgan fingerprint density at radius 2 is 1.46 bits per heavy atom. The van der Waals surface area contributed by atoms with Gasteiger partial charge in [-0.3, -0.25) is 0 Å². The summed E-state index contributed by atoms with van der Waals surface area (Å²) in [5.41, 5.74) is 8.43. The van der Waals surface area contributed by atoms with E-state index < -0.39 is 16.6 Å². The minimum atomic E-state index is -1.83. The molecular formula is C21H47NO2Si2. The second kappa shape index (κ2) is 8.36. The lowest BCUT2D eigenvalue weighted by molar-refractivity contribution is 0.153. The zero-order chi connectivity index (χ0) is 20.6. The van der Waals surface area contributed by atoms with E-state index in [1.807, 2.05) is 0 Å². The standard InChI is InChI=1S/C21H47NO2Si2/c1-16(2)26(17(3)4,18(5)6)24-19-12-13-21(22,14-19)15-23-25(10,11)20(7,8)9/h16-19H,12-15,22H2,1-11H3. The van der Waals surface area contributed by atoms with Crippen molar-refractivity contribution in [2.45, 2.75) is 128 Å². The van der Waals surface area contributed by atoms with Gasteiger partial charge in [0.1, 0.15) is 0 Å². The molecule has 0 aliphatic heterocycles. The summed E-state index contributed by atoms with van der Waals surface area (Å²) < 4.78 is 13.5. The predicted molar refractivity (Wildman–Crippen MR) is 120 cm³/mol. The largest absolute Gasteiger partial charge is 0.415 e. The lowest BCUT2D eigenvalue weighted by Gasteiger charge is -2.44. The molecule has 0 aromatic heterocycles. The second-order valence-electron chi connectivity index (χ2n) is 11.2. The SMILES string of the molecule is CC(C)[Si](OC1CCC(N)(CO[Si](C)(C)C(C)(C)C)C1)(C(C)C)C(C)C. The van der Waals surface area contributed by atoms with Crippen molar-refractivity contribution in [3.05, 3.63) is 0 Å². The van der Waals surface area contributed by atoms with Crippen LogP contribution in [0.2, 0.25) is 34.8 Å². The van der Waals surface area contributed by atoms with Gasteiger partial charge in [-0.05, 0) is 54.0 Å². The van der Waals surface area contributed by atoms with E-state index >= 15 is 0 Å². The number of hydrogen-bond donors (Lipinski definition) is 1. The van der Waals surface area contributed by atoms with Crippen LogP contribution < -0.4 is 5.73 Å². The Hall–Kier alpha value is 0.314. The molecule has 2 unspecified atom stereocenters. The minimum Gasteiger partial charge on any atom is -0.415 e. The summed E-state index contributed by atoms with van der Waals surface area (Å²) in [6, 6.07) is 0. The fourth-order valence-corrected chi connectivity index (χ4v) is 11.3. The maximum Gasteiger partial charge on any atom is 0.200 e. The van der Waals surface area contributed by atoms with Crippen LogP contribution in [-0.4, -0.2) is 34.9 Å². The van der Waals surface area contributed by atoms with E-state index in [0.29, 0.717) is 29.3 Å². The molecule has 0 saturated heterocycles. The Morgan fingerprint density at radius 1 is 1.00 bits per heavy atom. The summed E-state index contributed by atoms with van der Waals surface area (Å²) in [7, 11) is -3.59. The molecule has 2 atom stereocenters. The van der Waals surface area contributed by atoms with Gasteiger partial charge in [-0.15, -0.1) is 0 Å². The summed E-state index contributed by atoms with van der Waals surface area (Å²) in [6.07, 6.45) is 3.35. The van der Waals surface area contributed by atoms with Gasteiger partial charge in [0.2, 0.25) is 8.32 Å². The first-order valence-electron chi connectivity index (χ1n) is 10.7. The van der Waals surface area contributed by atoms with Gasteiger partial charge in [0.15, 0.2) is 8.32 Å². The second-order valence-corrected chi connectivity index (χ2v) is 21.4. The van der Waals surface area contributed by atoms with Crippen molar-refractivity contribution in [1.29, 1.82) is 0 Å². The third-order valence-electron chi connectivity index (χ3n) is 7.20. The quantitative estimate of drug-likeness (QED) is 0.475. The maximum atomic E-state index is 6.99. The van der Waals surface area contributed by atoms with Crippen molar-refractivity contribution in [3.8, 4) is 0 Å². The van der Waals surface area contributed by atoms with E-state index in [9.17, 15) is 0 Å². The zero-order valence-corrected chi connectivity index (χ0v) is 21.5. The third kappa shape index (κ3) is 5.22. The van der Waals surface area contributed by atoms with Gasteiger partial charge in [0, 0.05) is 11.6 Å². The molecule has 0 aromatic carbocycles. The highest BCUT2D eigenvalue weighted by Crippen LogP contribution is 2.46. The molecule has 2 N–H and O–H groups in total. The average molecular weight is 402 g/mol. The van der Waals surface area contributed by atoms with Crippen molar-refractivity contribution in [3.63, 3.8) is 0 Å². The van der Waals surface area contributed by atoms with E-state index in [4.69, 9.17) is 14.6 Å². The lowest BCUT2D eigenvalue weighted by Crippen LogP contribution is -2.52. The van der Waals surface area contributed by atoms with Crippen molar-refractivity contribution < 1.29 is 8.85 Å². The average Bonchev–Trinajstić information content (AvgIpc) is 2.82. The van der Waals surface area contributed by atoms with Crippen LogP contribution in [0.25, 0.3) is 0 Å². The molecule has 0 heterocycles. The fourth-order valence-electron chi connectivity index (χ4n) is 4.58. The summed E-state index contributed by atoms with van der Waals surface area (Å²) in [4.78, 5) is 0. The Kier molecular flexibility index (Phi) is 7.83. The molecule has 3 nitrogen and oxygen atoms in total. The Balaban J connectivity index is 2.81. The van der Waals surface area contributed by atoms with Crippen molar-refractivity contribution in [1.82, 2.24) is 0 Å². The molecule has 1 saturated carbocycles. The van der Waals surface area contributed by atoms with Gasteiger partial charge < -0.3 is 14.6 Å². The Labute approximate surface area is 166 Å². The molecule has 0 amide bonds. The number of rotatable bonds is 8. The van der Waals surface area contributed by atoms with Gasteiger partial charge in [-0.2, -0.15) is 0 Å². The van der Waals surface area contributed by atoms with Gasteiger partial charge in [0.05, 0.1) is 6.61 Å². The topological polar surface area (TPSA) is 44.5 Å². The number of hydrogen-bond acceptors (Lipinski definition) is 3. The van der Waals surface area contributed by atoms with E-state index in [0.717, 1.165) is 19.3 Å². The van der Waals surface area contributed by atoms with Crippen molar-refractivity contribution >= 4 is 16.6 Å². The molecule has 1 aliphatic rings. The van der Waals surface area contributed by atoms with Crippen LogP contribution in [0.3, 0.4) is 0 Å². The van der Waals surface area contributed by atoms with Gasteiger partial charge in [-0.1, -0.05) is 62.3 Å². The van der Waals surface area contributed by atoms with E-state index in [-0.39, 0.29) is 10.6 Å². The normalized spacial score (nSPS) is 25.7. The van der Waals surface area contributed by atoms with Crippen LogP contribution in [0, 0.1) is 0 Å². The molecule has 1 aliphatic carbocycles. The fraction of sp³-hybridized carbons (Fsp3) is 1.00. The van der Waals surface area contributed by atoms with E-state index in [1.54, 1.807) is 0 Å². The predicted octanol–water partition coefficient (Wildman–Crippen LogP) is 6.45. The highest BCUT2D eigenvalue weighted by Gasteiger charge is 2.49. The molecule has 156 valence electrons. The van der Waals surface area contributed by atoms with Crippen LogP contribution in [0.1, 0.15) is 81.6 Å². The first kappa shape index (κ1) is 24.4. The zero-order valence-electron chi connectivity index (χ0n) is 19.5. The molecule has 0 radical (unpaired) electrons. The summed E-state index contributed by atoms with van der Waals surface area (Å²) >= 11 is 0. The van der Waals surface area contributed by atoms with E-state index in [1.165, 1.54) is 0 Å². The highest BCUT2D eigenvalue weighted by molar-refractivity contribution is 6.77. The van der Waals surface area contributed by atoms with Crippen LogP contribution in [0.15, 0.2) is 0 Å². The van der Waals surface area contributed by atoms with Crippen LogP contribution in [-0.2, 0) is 8.85 Å². The molecule has 5 heteroatoms. The number of nitrogens with two attached hydrogens (primary N) is 1. The molecule has 1 rings (SSSR count). The first-order valence-corrected chi connectivity index (χ1v) is 15.7. The molecule has 0 spiro atoms. The molecule has 1 fully saturated rings. The summed E-state index contributed by atoms with van der Waals surface area (Å²) in [5, 5.41) is 0.229. The van der Waals surface area contributed by atoms with Crippen molar-refractivity contribution in [2.24, 2.45) is 5.73 Å². The first-order chi connectivity index (χ1) is 11.6. The third-order valence-corrected chi connectivity index (χ3v) is 17.8. The Bertz CT molecular complexity index is 436. The highest BCUT2D eigenvalue weighted by atomic mass is 28.4. The lowest BCUT2D eigenvalue weighted by atomic mass is 10.0. The summed E-state index contributed by atoms with van der Waals surface area (Å²) in [5.74, 6) is 0. The molecule has 0 aromatic rings. The molecular weight excluding hydrogens is 354 g/mol. The maximum absolute atomic E-state index is 6.99. The smallest absolute Gasteiger partial charge is 0.200 e. The molecule has 0 bridgehead atoms. The van der Waals surface area contributed by atoms with Crippen LogP contribution >= 0.6 is 0 Å².